The van der Waals surface area contributed by atoms with Crippen LogP contribution in [0.4, 0.5) is 5.13 Å². The van der Waals surface area contributed by atoms with Crippen molar-refractivity contribution in [3.63, 3.8) is 0 Å². The van der Waals surface area contributed by atoms with E-state index in [1.54, 1.807) is 11.2 Å². The summed E-state index contributed by atoms with van der Waals surface area (Å²) in [5, 5.41) is 3.53. The number of halogens is 1. The Morgan fingerprint density at radius 2 is 2.50 bits per heavy atom. The Morgan fingerprint density at radius 1 is 1.61 bits per heavy atom. The van der Waals surface area contributed by atoms with Gasteiger partial charge in [0.05, 0.1) is 6.26 Å². The van der Waals surface area contributed by atoms with Gasteiger partial charge >= 0.3 is 0 Å². The fraction of sp³-hybridized carbons (Fsp3) is 0.333. The topological polar surface area (TPSA) is 46.3 Å². The number of carbonyl (C=O) groups is 1. The highest BCUT2D eigenvalue weighted by Gasteiger charge is 2.31. The fourth-order valence-corrected chi connectivity index (χ4v) is 3.27. The Kier molecular flexibility index (Phi) is 3.22. The molecule has 6 heteroatoms. The second-order valence-electron chi connectivity index (χ2n) is 4.22. The van der Waals surface area contributed by atoms with Gasteiger partial charge in [-0.25, -0.2) is 4.98 Å². The van der Waals surface area contributed by atoms with Crippen molar-refractivity contribution >= 4 is 38.3 Å². The number of aromatic nitrogens is 1. The van der Waals surface area contributed by atoms with Gasteiger partial charge in [-0.3, -0.25) is 9.69 Å². The second kappa shape index (κ2) is 4.85. The minimum absolute atomic E-state index is 0.153. The summed E-state index contributed by atoms with van der Waals surface area (Å²) >= 11 is 4.91. The molecule has 0 bridgehead atoms. The number of furan rings is 1. The van der Waals surface area contributed by atoms with Gasteiger partial charge in [0.2, 0.25) is 5.91 Å². The minimum Gasteiger partial charge on any atom is -0.463 e. The molecule has 0 radical (unpaired) electrons. The number of hydrogen-bond acceptors (Lipinski definition) is 4. The molecule has 1 unspecified atom stereocenters. The van der Waals surface area contributed by atoms with E-state index in [1.807, 2.05) is 17.5 Å². The van der Waals surface area contributed by atoms with E-state index in [-0.39, 0.29) is 5.91 Å². The van der Waals surface area contributed by atoms with Crippen LogP contribution >= 0.6 is 27.3 Å². The number of amides is 1. The molecule has 1 saturated heterocycles. The third kappa shape index (κ3) is 2.10. The SMILES string of the molecule is O=C1CC(CBr)CN1c1nc(-c2ccco2)cs1. The molecule has 1 atom stereocenters. The van der Waals surface area contributed by atoms with E-state index >= 15 is 0 Å². The highest BCUT2D eigenvalue weighted by Crippen LogP contribution is 2.32. The average molecular weight is 327 g/mol. The van der Waals surface area contributed by atoms with Crippen molar-refractivity contribution < 1.29 is 9.21 Å². The van der Waals surface area contributed by atoms with Crippen LogP contribution in [0.1, 0.15) is 6.42 Å². The second-order valence-corrected chi connectivity index (χ2v) is 5.71. The first-order chi connectivity index (χ1) is 8.78. The lowest BCUT2D eigenvalue weighted by atomic mass is 10.2. The normalized spacial score (nSPS) is 19.7. The van der Waals surface area contributed by atoms with Crippen molar-refractivity contribution in [3.05, 3.63) is 23.8 Å². The highest BCUT2D eigenvalue weighted by molar-refractivity contribution is 9.09. The molecule has 94 valence electrons. The van der Waals surface area contributed by atoms with E-state index in [0.29, 0.717) is 12.3 Å². The molecule has 4 nitrogen and oxygen atoms in total. The predicted molar refractivity (Wildman–Crippen MR) is 74.1 cm³/mol. The molecule has 1 aliphatic heterocycles. The van der Waals surface area contributed by atoms with E-state index < -0.39 is 0 Å². The van der Waals surface area contributed by atoms with Crippen LogP contribution in [0.5, 0.6) is 0 Å². The Hall–Kier alpha value is -1.14. The fourth-order valence-electron chi connectivity index (χ4n) is 2.00. The smallest absolute Gasteiger partial charge is 0.229 e. The van der Waals surface area contributed by atoms with Crippen LogP contribution in [0, 0.1) is 5.92 Å². The number of hydrogen-bond donors (Lipinski definition) is 0. The van der Waals surface area contributed by atoms with Crippen LogP contribution < -0.4 is 4.90 Å². The zero-order valence-electron chi connectivity index (χ0n) is 9.51. The van der Waals surface area contributed by atoms with Crippen LogP contribution in [0.3, 0.4) is 0 Å². The first kappa shape index (κ1) is 11.9. The van der Waals surface area contributed by atoms with E-state index in [4.69, 9.17) is 4.42 Å². The zero-order chi connectivity index (χ0) is 12.5. The summed E-state index contributed by atoms with van der Waals surface area (Å²) in [7, 11) is 0. The predicted octanol–water partition coefficient (Wildman–Crippen LogP) is 3.15. The van der Waals surface area contributed by atoms with E-state index in [1.165, 1.54) is 11.3 Å². The van der Waals surface area contributed by atoms with Gasteiger partial charge in [0.1, 0.15) is 5.69 Å². The molecule has 1 amide bonds. The van der Waals surface area contributed by atoms with Crippen molar-refractivity contribution in [2.45, 2.75) is 6.42 Å². The number of nitrogens with zero attached hydrogens (tertiary/aromatic N) is 2. The van der Waals surface area contributed by atoms with E-state index in [9.17, 15) is 4.79 Å². The zero-order valence-corrected chi connectivity index (χ0v) is 11.9. The van der Waals surface area contributed by atoms with Gasteiger partial charge in [-0.15, -0.1) is 11.3 Å². The Balaban J connectivity index is 1.84. The van der Waals surface area contributed by atoms with Gasteiger partial charge in [0.25, 0.3) is 0 Å². The lowest BCUT2D eigenvalue weighted by Gasteiger charge is -2.11. The molecule has 2 aromatic heterocycles. The maximum atomic E-state index is 11.9. The quantitative estimate of drug-likeness (QED) is 0.814. The molecule has 18 heavy (non-hydrogen) atoms. The molecule has 0 spiro atoms. The van der Waals surface area contributed by atoms with Gasteiger partial charge in [-0.1, -0.05) is 15.9 Å². The van der Waals surface area contributed by atoms with Crippen LogP contribution in [0.25, 0.3) is 11.5 Å². The molecule has 3 rings (SSSR count). The number of rotatable bonds is 3. The van der Waals surface area contributed by atoms with Gasteiger partial charge in [0.15, 0.2) is 10.9 Å². The standard InChI is InChI=1S/C12H11BrN2O2S/c13-5-8-4-11(16)15(6-8)12-14-9(7-18-12)10-2-1-3-17-10/h1-3,7-8H,4-6H2. The Morgan fingerprint density at radius 3 is 3.17 bits per heavy atom. The Bertz CT molecular complexity index is 552. The summed E-state index contributed by atoms with van der Waals surface area (Å²) in [4.78, 5) is 18.1. The molecule has 3 heterocycles. The Labute approximate surface area is 117 Å². The summed E-state index contributed by atoms with van der Waals surface area (Å²) in [6, 6.07) is 3.70. The van der Waals surface area contributed by atoms with Crippen LogP contribution in [0.15, 0.2) is 28.2 Å². The van der Waals surface area contributed by atoms with Crippen molar-refractivity contribution in [1.29, 1.82) is 0 Å². The van der Waals surface area contributed by atoms with Crippen LogP contribution in [-0.2, 0) is 4.79 Å². The first-order valence-corrected chi connectivity index (χ1v) is 7.64. The molecule has 0 aliphatic carbocycles. The van der Waals surface area contributed by atoms with Gasteiger partial charge in [0, 0.05) is 23.7 Å². The molecule has 1 fully saturated rings. The minimum atomic E-state index is 0.153. The molecule has 0 saturated carbocycles. The monoisotopic (exact) mass is 326 g/mol. The first-order valence-electron chi connectivity index (χ1n) is 5.63. The average Bonchev–Trinajstić information content (AvgIpc) is 3.08. The van der Waals surface area contributed by atoms with Crippen molar-refractivity contribution in [2.24, 2.45) is 5.92 Å². The maximum absolute atomic E-state index is 11.9. The number of thiazole rings is 1. The molecule has 0 N–H and O–H groups in total. The van der Waals surface area contributed by atoms with E-state index in [0.717, 1.165) is 28.5 Å². The molecular formula is C12H11BrN2O2S. The van der Waals surface area contributed by atoms with Crippen LogP contribution in [0.2, 0.25) is 0 Å². The van der Waals surface area contributed by atoms with Crippen LogP contribution in [-0.4, -0.2) is 22.8 Å². The lowest BCUT2D eigenvalue weighted by molar-refractivity contribution is -0.117. The van der Waals surface area contributed by atoms with Gasteiger partial charge < -0.3 is 4.42 Å². The summed E-state index contributed by atoms with van der Waals surface area (Å²) in [5.74, 6) is 1.27. The third-order valence-corrected chi connectivity index (χ3v) is 4.70. The van der Waals surface area contributed by atoms with Crippen molar-refractivity contribution in [1.82, 2.24) is 4.98 Å². The number of carbonyl (C=O) groups excluding carboxylic acids is 1. The van der Waals surface area contributed by atoms with Crippen molar-refractivity contribution in [2.75, 3.05) is 16.8 Å². The van der Waals surface area contributed by atoms with Gasteiger partial charge in [-0.05, 0) is 18.1 Å². The molecule has 1 aliphatic rings. The summed E-state index contributed by atoms with van der Waals surface area (Å²) in [5.41, 5.74) is 0.787. The van der Waals surface area contributed by atoms with Crippen molar-refractivity contribution in [3.8, 4) is 11.5 Å². The number of anilines is 1. The highest BCUT2D eigenvalue weighted by atomic mass is 79.9. The number of alkyl halides is 1. The molecule has 0 aromatic carbocycles. The lowest BCUT2D eigenvalue weighted by Crippen LogP contribution is -2.24. The summed E-state index contributed by atoms with van der Waals surface area (Å²) < 4.78 is 5.30. The molecule has 2 aromatic rings. The van der Waals surface area contributed by atoms with Gasteiger partial charge in [-0.2, -0.15) is 0 Å². The summed E-state index contributed by atoms with van der Waals surface area (Å²) in [6.45, 7) is 0.745. The largest absolute Gasteiger partial charge is 0.463 e. The summed E-state index contributed by atoms with van der Waals surface area (Å²) in [6.07, 6.45) is 2.22. The molecular weight excluding hydrogens is 316 g/mol. The maximum Gasteiger partial charge on any atom is 0.229 e. The van der Waals surface area contributed by atoms with E-state index in [2.05, 4.69) is 20.9 Å². The third-order valence-electron chi connectivity index (χ3n) is 2.92.